The summed E-state index contributed by atoms with van der Waals surface area (Å²) in [6.45, 7) is 6.86. The standard InChI is InChI=1S/C16H27NO3/c1-4-5-8-11-17(12(2)3)15(18)13-9-6-7-10-14(13)16(19)20/h6-7,12-14H,4-5,8-11H2,1-3H3,(H,19,20)/t13-,14+/m1/s1. The zero-order valence-electron chi connectivity index (χ0n) is 12.8. The van der Waals surface area contributed by atoms with Crippen LogP contribution in [0.25, 0.3) is 0 Å². The van der Waals surface area contributed by atoms with E-state index in [0.29, 0.717) is 12.8 Å². The lowest BCUT2D eigenvalue weighted by molar-refractivity contribution is -0.151. The molecular formula is C16H27NO3. The number of hydrogen-bond acceptors (Lipinski definition) is 2. The summed E-state index contributed by atoms with van der Waals surface area (Å²) in [5.41, 5.74) is 0. The summed E-state index contributed by atoms with van der Waals surface area (Å²) in [4.78, 5) is 25.9. The lowest BCUT2D eigenvalue weighted by atomic mass is 9.82. The third-order valence-corrected chi connectivity index (χ3v) is 3.98. The number of carboxylic acids is 1. The summed E-state index contributed by atoms with van der Waals surface area (Å²) in [6.07, 6.45) is 8.03. The van der Waals surface area contributed by atoms with E-state index in [2.05, 4.69) is 6.92 Å². The van der Waals surface area contributed by atoms with Crippen molar-refractivity contribution >= 4 is 11.9 Å². The Kier molecular flexibility index (Phi) is 6.76. The van der Waals surface area contributed by atoms with Crippen LogP contribution in [0.2, 0.25) is 0 Å². The van der Waals surface area contributed by atoms with Crippen LogP contribution in [0.4, 0.5) is 0 Å². The summed E-state index contributed by atoms with van der Waals surface area (Å²) < 4.78 is 0. The van der Waals surface area contributed by atoms with Gasteiger partial charge in [0, 0.05) is 12.6 Å². The Bertz CT molecular complexity index is 363. The van der Waals surface area contributed by atoms with Crippen molar-refractivity contribution in [2.45, 2.75) is 58.9 Å². The summed E-state index contributed by atoms with van der Waals surface area (Å²) in [7, 11) is 0. The highest BCUT2D eigenvalue weighted by Crippen LogP contribution is 2.28. The number of nitrogens with zero attached hydrogens (tertiary/aromatic N) is 1. The number of amides is 1. The highest BCUT2D eigenvalue weighted by atomic mass is 16.4. The number of aliphatic carboxylic acids is 1. The molecule has 0 spiro atoms. The monoisotopic (exact) mass is 281 g/mol. The second-order valence-corrected chi connectivity index (χ2v) is 5.83. The molecule has 0 bridgehead atoms. The number of carbonyl (C=O) groups is 2. The van der Waals surface area contributed by atoms with E-state index >= 15 is 0 Å². The van der Waals surface area contributed by atoms with Gasteiger partial charge in [0.05, 0.1) is 11.8 Å². The fourth-order valence-electron chi connectivity index (χ4n) is 2.73. The molecule has 0 aromatic carbocycles. The first kappa shape index (κ1) is 16.7. The minimum Gasteiger partial charge on any atom is -0.481 e. The van der Waals surface area contributed by atoms with Gasteiger partial charge in [-0.2, -0.15) is 0 Å². The van der Waals surface area contributed by atoms with Crippen LogP contribution in [0.1, 0.15) is 52.9 Å². The second-order valence-electron chi connectivity index (χ2n) is 5.83. The fraction of sp³-hybridized carbons (Fsp3) is 0.750. The molecule has 0 aliphatic heterocycles. The molecule has 0 radical (unpaired) electrons. The number of allylic oxidation sites excluding steroid dienone is 2. The predicted molar refractivity (Wildman–Crippen MR) is 79.4 cm³/mol. The van der Waals surface area contributed by atoms with E-state index in [4.69, 9.17) is 0 Å². The molecule has 0 unspecified atom stereocenters. The van der Waals surface area contributed by atoms with Gasteiger partial charge < -0.3 is 10.0 Å². The minimum atomic E-state index is -0.857. The Morgan fingerprint density at radius 2 is 1.80 bits per heavy atom. The molecule has 0 heterocycles. The Morgan fingerprint density at radius 3 is 2.30 bits per heavy atom. The van der Waals surface area contributed by atoms with E-state index in [1.165, 1.54) is 0 Å². The molecule has 2 atom stereocenters. The molecule has 1 rings (SSSR count). The average Bonchev–Trinajstić information content (AvgIpc) is 2.42. The molecule has 0 saturated carbocycles. The molecule has 1 N–H and O–H groups in total. The third kappa shape index (κ3) is 4.36. The summed E-state index contributed by atoms with van der Waals surface area (Å²) >= 11 is 0. The Hall–Kier alpha value is -1.32. The molecule has 1 amide bonds. The van der Waals surface area contributed by atoms with E-state index in [1.807, 2.05) is 30.9 Å². The molecule has 0 saturated heterocycles. The predicted octanol–water partition coefficient (Wildman–Crippen LogP) is 3.08. The summed E-state index contributed by atoms with van der Waals surface area (Å²) in [5, 5.41) is 9.29. The molecule has 0 aromatic rings. The minimum absolute atomic E-state index is 0.00727. The molecule has 4 heteroatoms. The number of carboxylic acid groups (broad SMARTS) is 1. The van der Waals surface area contributed by atoms with Crippen LogP contribution in [-0.4, -0.2) is 34.5 Å². The van der Waals surface area contributed by atoms with Crippen LogP contribution < -0.4 is 0 Å². The first-order chi connectivity index (χ1) is 9.49. The Morgan fingerprint density at radius 1 is 1.20 bits per heavy atom. The van der Waals surface area contributed by atoms with Crippen molar-refractivity contribution in [3.8, 4) is 0 Å². The van der Waals surface area contributed by atoms with E-state index in [-0.39, 0.29) is 11.9 Å². The summed E-state index contributed by atoms with van der Waals surface area (Å²) in [6, 6.07) is 0.125. The number of hydrogen-bond donors (Lipinski definition) is 1. The molecular weight excluding hydrogens is 254 g/mol. The van der Waals surface area contributed by atoms with Gasteiger partial charge in [0.15, 0.2) is 0 Å². The van der Waals surface area contributed by atoms with Gasteiger partial charge in [-0.05, 0) is 33.1 Å². The Balaban J connectivity index is 2.76. The van der Waals surface area contributed by atoms with Crippen molar-refractivity contribution in [2.75, 3.05) is 6.54 Å². The molecule has 0 fully saturated rings. The molecule has 1 aliphatic carbocycles. The lowest BCUT2D eigenvalue weighted by Crippen LogP contribution is -2.45. The molecule has 114 valence electrons. The first-order valence-electron chi connectivity index (χ1n) is 7.67. The molecule has 20 heavy (non-hydrogen) atoms. The summed E-state index contributed by atoms with van der Waals surface area (Å²) in [5.74, 6) is -1.82. The number of rotatable bonds is 7. The van der Waals surface area contributed by atoms with Gasteiger partial charge in [-0.25, -0.2) is 0 Å². The SMILES string of the molecule is CCCCCN(C(=O)[C@@H]1CC=CC[C@@H]1C(=O)O)C(C)C. The van der Waals surface area contributed by atoms with Crippen molar-refractivity contribution in [3.05, 3.63) is 12.2 Å². The maximum absolute atomic E-state index is 12.7. The van der Waals surface area contributed by atoms with Gasteiger partial charge in [0.1, 0.15) is 0 Å². The van der Waals surface area contributed by atoms with Crippen LogP contribution in [0.3, 0.4) is 0 Å². The van der Waals surface area contributed by atoms with Crippen LogP contribution in [0.15, 0.2) is 12.2 Å². The normalized spacial score (nSPS) is 22.0. The van der Waals surface area contributed by atoms with Crippen molar-refractivity contribution in [1.29, 1.82) is 0 Å². The second kappa shape index (κ2) is 8.08. The van der Waals surface area contributed by atoms with Crippen LogP contribution in [0, 0.1) is 11.8 Å². The highest BCUT2D eigenvalue weighted by Gasteiger charge is 2.36. The van der Waals surface area contributed by atoms with Gasteiger partial charge in [0.2, 0.25) is 5.91 Å². The zero-order chi connectivity index (χ0) is 15.1. The zero-order valence-corrected chi connectivity index (χ0v) is 12.8. The van der Waals surface area contributed by atoms with Crippen molar-refractivity contribution in [2.24, 2.45) is 11.8 Å². The van der Waals surface area contributed by atoms with Crippen LogP contribution in [0.5, 0.6) is 0 Å². The van der Waals surface area contributed by atoms with Crippen molar-refractivity contribution in [1.82, 2.24) is 4.90 Å². The Labute approximate surface area is 121 Å². The van der Waals surface area contributed by atoms with Crippen molar-refractivity contribution < 1.29 is 14.7 Å². The van der Waals surface area contributed by atoms with E-state index in [0.717, 1.165) is 25.8 Å². The maximum atomic E-state index is 12.7. The van der Waals surface area contributed by atoms with Crippen LogP contribution in [-0.2, 0) is 9.59 Å². The van der Waals surface area contributed by atoms with Gasteiger partial charge in [-0.3, -0.25) is 9.59 Å². The average molecular weight is 281 g/mol. The topological polar surface area (TPSA) is 57.6 Å². The largest absolute Gasteiger partial charge is 0.481 e. The quantitative estimate of drug-likeness (QED) is 0.576. The van der Waals surface area contributed by atoms with Gasteiger partial charge in [0.25, 0.3) is 0 Å². The molecule has 0 aromatic heterocycles. The van der Waals surface area contributed by atoms with Gasteiger partial charge in [-0.15, -0.1) is 0 Å². The fourth-order valence-corrected chi connectivity index (χ4v) is 2.73. The molecule has 4 nitrogen and oxygen atoms in total. The smallest absolute Gasteiger partial charge is 0.307 e. The van der Waals surface area contributed by atoms with E-state index in [1.54, 1.807) is 0 Å². The number of unbranched alkanes of at least 4 members (excludes halogenated alkanes) is 2. The van der Waals surface area contributed by atoms with Gasteiger partial charge >= 0.3 is 5.97 Å². The van der Waals surface area contributed by atoms with Gasteiger partial charge in [-0.1, -0.05) is 31.9 Å². The lowest BCUT2D eigenvalue weighted by Gasteiger charge is -2.33. The first-order valence-corrected chi connectivity index (χ1v) is 7.67. The van der Waals surface area contributed by atoms with Crippen LogP contribution >= 0.6 is 0 Å². The molecule has 1 aliphatic rings. The highest BCUT2D eigenvalue weighted by molar-refractivity contribution is 5.85. The maximum Gasteiger partial charge on any atom is 0.307 e. The van der Waals surface area contributed by atoms with Crippen molar-refractivity contribution in [3.63, 3.8) is 0 Å². The number of carbonyl (C=O) groups excluding carboxylic acids is 1. The van der Waals surface area contributed by atoms with E-state index in [9.17, 15) is 14.7 Å². The third-order valence-electron chi connectivity index (χ3n) is 3.98. The van der Waals surface area contributed by atoms with E-state index < -0.39 is 17.8 Å².